The van der Waals surface area contributed by atoms with Crippen molar-refractivity contribution < 1.29 is 9.59 Å². The molecule has 0 fully saturated rings. The Morgan fingerprint density at radius 2 is 1.27 bits per heavy atom. The van der Waals surface area contributed by atoms with Gasteiger partial charge in [0, 0.05) is 32.2 Å². The molecule has 2 amide bonds. The molecule has 2 atom stereocenters. The van der Waals surface area contributed by atoms with Gasteiger partial charge in [0.1, 0.15) is 12.3 Å². The molecule has 276 valence electrons. The molecule has 8 heteroatoms. The highest BCUT2D eigenvalue weighted by molar-refractivity contribution is 9.10. The van der Waals surface area contributed by atoms with Gasteiger partial charge in [-0.1, -0.05) is 109 Å². The highest BCUT2D eigenvalue weighted by Crippen LogP contribution is 2.43. The van der Waals surface area contributed by atoms with E-state index in [1.54, 1.807) is 0 Å². The predicted octanol–water partition coefficient (Wildman–Crippen LogP) is 12.8. The van der Waals surface area contributed by atoms with E-state index < -0.39 is 12.3 Å². The van der Waals surface area contributed by atoms with E-state index in [9.17, 15) is 9.59 Å². The second-order valence-electron chi connectivity index (χ2n) is 14.6. The third-order valence-corrected chi connectivity index (χ3v) is 11.3. The average molecular weight is 810 g/mol. The van der Waals surface area contributed by atoms with E-state index >= 15 is 0 Å². The normalized spacial score (nSPS) is 16.4. The van der Waals surface area contributed by atoms with Gasteiger partial charge in [-0.15, -0.1) is 0 Å². The Hall–Kier alpha value is -5.37. The van der Waals surface area contributed by atoms with Gasteiger partial charge in [0.15, 0.2) is 0 Å². The fourth-order valence-electron chi connectivity index (χ4n) is 7.70. The molecule has 2 aliphatic rings. The number of hydrogen-bond acceptors (Lipinski definition) is 4. The summed E-state index contributed by atoms with van der Waals surface area (Å²) in [6.45, 7) is 6.53. The van der Waals surface area contributed by atoms with Gasteiger partial charge in [-0.05, 0) is 131 Å². The van der Waals surface area contributed by atoms with Crippen LogP contribution >= 0.6 is 27.5 Å². The minimum absolute atomic E-state index is 0.0627. The van der Waals surface area contributed by atoms with Crippen molar-refractivity contribution in [3.05, 3.63) is 176 Å². The molecule has 0 saturated carbocycles. The van der Waals surface area contributed by atoms with Crippen LogP contribution in [0.25, 0.3) is 11.1 Å². The second-order valence-corrected chi connectivity index (χ2v) is 15.9. The zero-order valence-corrected chi connectivity index (χ0v) is 33.4. The highest BCUT2D eigenvalue weighted by Gasteiger charge is 2.36. The molecule has 2 heterocycles. The number of rotatable bonds is 9. The smallest absolute Gasteiger partial charge is 0.262 e. The molecule has 2 unspecified atom stereocenters. The van der Waals surface area contributed by atoms with Crippen LogP contribution in [0.5, 0.6) is 0 Å². The van der Waals surface area contributed by atoms with E-state index in [1.807, 2.05) is 94.7 Å². The van der Waals surface area contributed by atoms with E-state index in [1.165, 1.54) is 11.1 Å². The van der Waals surface area contributed by atoms with Crippen molar-refractivity contribution in [3.8, 4) is 11.1 Å². The van der Waals surface area contributed by atoms with Gasteiger partial charge in [0.05, 0.1) is 11.1 Å². The first-order valence-corrected chi connectivity index (χ1v) is 20.0. The number of carbonyl (C=O) groups excluding carboxylic acids is 2. The first kappa shape index (κ1) is 36.6. The van der Waals surface area contributed by atoms with Crippen LogP contribution in [0.3, 0.4) is 0 Å². The molecule has 0 saturated heterocycles. The molecule has 0 aliphatic carbocycles. The topological polar surface area (TPSA) is 64.7 Å². The average Bonchev–Trinajstić information content (AvgIpc) is 3.20. The van der Waals surface area contributed by atoms with E-state index in [4.69, 9.17) is 11.6 Å². The van der Waals surface area contributed by atoms with Crippen LogP contribution in [0, 0.1) is 0 Å². The molecule has 2 aliphatic heterocycles. The maximum absolute atomic E-state index is 14.5. The molecule has 0 radical (unpaired) electrons. The molecular weight excluding hydrogens is 768 g/mol. The number of carbonyl (C=O) groups is 2. The minimum Gasteiger partial charge on any atom is -0.360 e. The van der Waals surface area contributed by atoms with Crippen LogP contribution in [0.4, 0.5) is 22.7 Å². The van der Waals surface area contributed by atoms with Crippen LogP contribution in [-0.4, -0.2) is 11.8 Å². The number of halogens is 2. The number of amides is 2. The summed E-state index contributed by atoms with van der Waals surface area (Å²) in [6, 6.07) is 44.0. The van der Waals surface area contributed by atoms with Gasteiger partial charge in [-0.3, -0.25) is 19.4 Å². The van der Waals surface area contributed by atoms with Crippen molar-refractivity contribution >= 4 is 62.1 Å². The van der Waals surface area contributed by atoms with Crippen molar-refractivity contribution in [2.45, 2.75) is 58.3 Å². The highest BCUT2D eigenvalue weighted by atomic mass is 79.9. The fraction of sp³-hybridized carbons (Fsp3) is 0.191. The number of anilines is 4. The standard InChI is InChI=1S/C47H42BrClN4O2/c1-4-5-11-31-20-23-38(53-44(32-12-10-13-36(49)27-32)50-42-16-8-7-15-40(42)47(53)55)28-41(31)33-24-34(26-35(48)25-33)45-51-43-17-9-6-14-39(43)46(54)52(45)37-21-18-30(19-22-37)29(2)3/h6-10,12-29,44-45,50-51H,4-5,11H2,1-3H3. The zero-order valence-electron chi connectivity index (χ0n) is 31.0. The summed E-state index contributed by atoms with van der Waals surface area (Å²) >= 11 is 10.4. The SMILES string of the molecule is CCCCc1ccc(N2C(=O)c3ccccc3NC2c2cccc(Cl)c2)cc1-c1cc(Br)cc(C2Nc3ccccc3C(=O)N2c2ccc(C(C)C)cc2)c1. The fourth-order valence-corrected chi connectivity index (χ4v) is 8.41. The Morgan fingerprint density at radius 3 is 1.91 bits per heavy atom. The van der Waals surface area contributed by atoms with Gasteiger partial charge in [-0.2, -0.15) is 0 Å². The lowest BCUT2D eigenvalue weighted by atomic mass is 9.92. The van der Waals surface area contributed by atoms with Crippen molar-refractivity contribution in [1.29, 1.82) is 0 Å². The van der Waals surface area contributed by atoms with Crippen molar-refractivity contribution in [2.24, 2.45) is 0 Å². The Morgan fingerprint density at radius 1 is 0.655 bits per heavy atom. The number of nitrogens with one attached hydrogen (secondary N) is 2. The van der Waals surface area contributed by atoms with E-state index in [-0.39, 0.29) is 11.8 Å². The summed E-state index contributed by atoms with van der Waals surface area (Å²) in [5.74, 6) is 0.217. The Balaban J connectivity index is 1.26. The monoisotopic (exact) mass is 808 g/mol. The zero-order chi connectivity index (χ0) is 38.2. The van der Waals surface area contributed by atoms with Crippen LogP contribution in [0.1, 0.15) is 94.8 Å². The lowest BCUT2D eigenvalue weighted by Gasteiger charge is -2.39. The Kier molecular flexibility index (Phi) is 10.2. The Labute approximate surface area is 336 Å². The number of nitrogens with zero attached hydrogens (tertiary/aromatic N) is 2. The maximum Gasteiger partial charge on any atom is 0.262 e. The minimum atomic E-state index is -0.485. The molecule has 0 bridgehead atoms. The molecular formula is C47H42BrClN4O2. The van der Waals surface area contributed by atoms with E-state index in [0.717, 1.165) is 68.7 Å². The van der Waals surface area contributed by atoms with E-state index in [2.05, 4.69) is 95.9 Å². The maximum atomic E-state index is 14.5. The van der Waals surface area contributed by atoms with Gasteiger partial charge in [0.25, 0.3) is 11.8 Å². The number of aryl methyl sites for hydroxylation is 1. The third kappa shape index (κ3) is 7.15. The first-order chi connectivity index (χ1) is 26.7. The van der Waals surface area contributed by atoms with Crippen LogP contribution in [-0.2, 0) is 6.42 Å². The van der Waals surface area contributed by atoms with Crippen molar-refractivity contribution in [3.63, 3.8) is 0 Å². The van der Waals surface area contributed by atoms with Crippen LogP contribution in [0.15, 0.2) is 138 Å². The summed E-state index contributed by atoms with van der Waals surface area (Å²) in [5, 5.41) is 7.93. The van der Waals surface area contributed by atoms with Crippen LogP contribution in [0.2, 0.25) is 5.02 Å². The van der Waals surface area contributed by atoms with Crippen molar-refractivity contribution in [1.82, 2.24) is 0 Å². The summed E-state index contributed by atoms with van der Waals surface area (Å²) < 4.78 is 0.886. The molecule has 6 aromatic carbocycles. The quantitative estimate of drug-likeness (QED) is 0.153. The van der Waals surface area contributed by atoms with Gasteiger partial charge >= 0.3 is 0 Å². The van der Waals surface area contributed by atoms with Crippen LogP contribution < -0.4 is 20.4 Å². The number of unbranched alkanes of at least 4 members (excludes halogenated alkanes) is 1. The molecule has 6 aromatic rings. The number of fused-ring (bicyclic) bond motifs is 2. The Bertz CT molecular complexity index is 2410. The number of hydrogen-bond donors (Lipinski definition) is 2. The molecule has 0 aromatic heterocycles. The lowest BCUT2D eigenvalue weighted by molar-refractivity contribution is 0.0967. The second kappa shape index (κ2) is 15.4. The molecule has 55 heavy (non-hydrogen) atoms. The molecule has 0 spiro atoms. The molecule has 6 nitrogen and oxygen atoms in total. The summed E-state index contributed by atoms with van der Waals surface area (Å²) in [5.41, 5.74) is 10.6. The summed E-state index contributed by atoms with van der Waals surface area (Å²) in [4.78, 5) is 32.5. The van der Waals surface area contributed by atoms with Gasteiger partial charge in [0.2, 0.25) is 0 Å². The first-order valence-electron chi connectivity index (χ1n) is 18.9. The number of para-hydroxylation sites is 2. The number of benzene rings is 6. The van der Waals surface area contributed by atoms with Gasteiger partial charge in [-0.25, -0.2) is 0 Å². The van der Waals surface area contributed by atoms with E-state index in [0.29, 0.717) is 22.1 Å². The third-order valence-electron chi connectivity index (χ3n) is 10.6. The lowest BCUT2D eigenvalue weighted by Crippen LogP contribution is -2.43. The van der Waals surface area contributed by atoms with Crippen molar-refractivity contribution in [2.75, 3.05) is 20.4 Å². The molecule has 2 N–H and O–H groups in total. The predicted molar refractivity (Wildman–Crippen MR) is 229 cm³/mol. The molecule has 8 rings (SSSR count). The van der Waals surface area contributed by atoms with Gasteiger partial charge < -0.3 is 10.6 Å². The summed E-state index contributed by atoms with van der Waals surface area (Å²) in [7, 11) is 0. The summed E-state index contributed by atoms with van der Waals surface area (Å²) in [6.07, 6.45) is 1.98. The largest absolute Gasteiger partial charge is 0.360 e.